The van der Waals surface area contributed by atoms with E-state index in [1.165, 1.54) is 50.5 Å². The molecule has 1 heterocycles. The van der Waals surface area contributed by atoms with Gasteiger partial charge in [0, 0.05) is 18.4 Å². The maximum atomic E-state index is 12.8. The van der Waals surface area contributed by atoms with Gasteiger partial charge in [-0.1, -0.05) is 45.4 Å². The number of hydrogen-bond donors (Lipinski definition) is 0. The van der Waals surface area contributed by atoms with Gasteiger partial charge >= 0.3 is 0 Å². The highest BCUT2D eigenvalue weighted by Gasteiger charge is 2.81. The molecule has 0 N–H and O–H groups in total. The number of fused-ring (bicyclic) bond motifs is 2. The predicted molar refractivity (Wildman–Crippen MR) is 135 cm³/mol. The van der Waals surface area contributed by atoms with Gasteiger partial charge in [-0.15, -0.1) is 0 Å². The number of carbonyl (C=O) groups is 1. The number of ether oxygens (including phenoxy) is 2. The van der Waals surface area contributed by atoms with Crippen LogP contribution in [0.25, 0.3) is 0 Å². The third-order valence-electron chi connectivity index (χ3n) is 12.9. The number of methoxy groups -OCH3 is 1. The van der Waals surface area contributed by atoms with Crippen LogP contribution in [0, 0.1) is 50.7 Å². The van der Waals surface area contributed by atoms with Crippen molar-refractivity contribution >= 4 is 5.78 Å². The summed E-state index contributed by atoms with van der Waals surface area (Å²) in [7, 11) is 1.84. The topological polar surface area (TPSA) is 35.5 Å². The number of carbonyl (C=O) groups excluding carboxylic acids is 1. The summed E-state index contributed by atoms with van der Waals surface area (Å²) in [6.07, 6.45) is 17.1. The number of hydrogen-bond acceptors (Lipinski definition) is 3. The van der Waals surface area contributed by atoms with Crippen LogP contribution >= 0.6 is 0 Å². The molecule has 0 aromatic heterocycles. The Morgan fingerprint density at radius 1 is 1.03 bits per heavy atom. The SMILES string of the molecule is CO[C@@H]1O[C@@H](C=C(C)C)C[C@@H]1[C@H]1CC[C@@]2(C)[C@@H]3CC[C@H]4C(C)(C)C(=O)C=C[C@@]45C[C@@]35CC[C@]12C. The van der Waals surface area contributed by atoms with Gasteiger partial charge in [0.1, 0.15) is 0 Å². The predicted octanol–water partition coefficient (Wildman–Crippen LogP) is 7.11. The monoisotopic (exact) mass is 466 g/mol. The molecule has 3 nitrogen and oxygen atoms in total. The second-order valence-corrected chi connectivity index (χ2v) is 14.4. The molecule has 10 atom stereocenters. The average Bonchev–Trinajstić information content (AvgIpc) is 3.14. The summed E-state index contributed by atoms with van der Waals surface area (Å²) in [6.45, 7) is 14.1. The molecule has 1 saturated heterocycles. The van der Waals surface area contributed by atoms with Crippen LogP contribution in [-0.2, 0) is 14.3 Å². The molecule has 6 aliphatic rings. The van der Waals surface area contributed by atoms with Crippen LogP contribution in [0.4, 0.5) is 0 Å². The minimum atomic E-state index is -0.199. The summed E-state index contributed by atoms with van der Waals surface area (Å²) in [5.41, 5.74) is 2.57. The van der Waals surface area contributed by atoms with Gasteiger partial charge in [-0.25, -0.2) is 0 Å². The van der Waals surface area contributed by atoms with Gasteiger partial charge in [0.2, 0.25) is 0 Å². The zero-order valence-corrected chi connectivity index (χ0v) is 22.6. The summed E-state index contributed by atoms with van der Waals surface area (Å²) in [5, 5.41) is 0. The number of rotatable bonds is 3. The van der Waals surface area contributed by atoms with Crippen molar-refractivity contribution in [1.82, 2.24) is 0 Å². The molecule has 2 spiro atoms. The van der Waals surface area contributed by atoms with Crippen molar-refractivity contribution in [1.29, 1.82) is 0 Å². The minimum Gasteiger partial charge on any atom is -0.356 e. The van der Waals surface area contributed by atoms with Crippen LogP contribution in [0.2, 0.25) is 0 Å². The highest BCUT2D eigenvalue weighted by Crippen LogP contribution is 2.88. The van der Waals surface area contributed by atoms with Gasteiger partial charge in [-0.2, -0.15) is 0 Å². The first kappa shape index (κ1) is 23.5. The second-order valence-electron chi connectivity index (χ2n) is 14.4. The minimum absolute atomic E-state index is 0.0724. The largest absolute Gasteiger partial charge is 0.356 e. The lowest BCUT2D eigenvalue weighted by atomic mass is 9.42. The molecule has 0 radical (unpaired) electrons. The lowest BCUT2D eigenvalue weighted by Crippen LogP contribution is -2.56. The van der Waals surface area contributed by atoms with E-state index in [2.05, 4.69) is 53.7 Å². The van der Waals surface area contributed by atoms with Gasteiger partial charge in [0.05, 0.1) is 6.10 Å². The molecule has 0 bridgehead atoms. The van der Waals surface area contributed by atoms with Crippen LogP contribution in [0.3, 0.4) is 0 Å². The van der Waals surface area contributed by atoms with Crippen LogP contribution in [0.15, 0.2) is 23.8 Å². The third kappa shape index (κ3) is 2.64. The fourth-order valence-corrected chi connectivity index (χ4v) is 11.1. The Bertz CT molecular complexity index is 958. The maximum Gasteiger partial charge on any atom is 0.161 e. The summed E-state index contributed by atoms with van der Waals surface area (Å²) >= 11 is 0. The third-order valence-corrected chi connectivity index (χ3v) is 12.9. The Labute approximate surface area is 207 Å². The molecule has 3 heteroatoms. The van der Waals surface area contributed by atoms with Gasteiger partial charge in [-0.05, 0) is 111 Å². The van der Waals surface area contributed by atoms with E-state index in [1.54, 1.807) is 0 Å². The van der Waals surface area contributed by atoms with E-state index in [4.69, 9.17) is 9.47 Å². The molecule has 0 unspecified atom stereocenters. The highest BCUT2D eigenvalue weighted by molar-refractivity contribution is 5.96. The Kier molecular flexibility index (Phi) is 4.90. The van der Waals surface area contributed by atoms with Crippen LogP contribution in [0.1, 0.15) is 92.9 Å². The van der Waals surface area contributed by atoms with Crippen molar-refractivity contribution in [3.63, 3.8) is 0 Å². The number of ketones is 1. The Morgan fingerprint density at radius 2 is 1.76 bits per heavy atom. The van der Waals surface area contributed by atoms with E-state index in [0.717, 1.165) is 12.3 Å². The first-order valence-corrected chi connectivity index (χ1v) is 14.0. The summed E-state index contributed by atoms with van der Waals surface area (Å²) in [6, 6.07) is 0. The Balaban J connectivity index is 1.32. The smallest absolute Gasteiger partial charge is 0.161 e. The van der Waals surface area contributed by atoms with E-state index in [1.807, 2.05) is 13.2 Å². The quantitative estimate of drug-likeness (QED) is 0.416. The van der Waals surface area contributed by atoms with Crippen LogP contribution in [-0.4, -0.2) is 25.3 Å². The molecule has 5 aliphatic carbocycles. The van der Waals surface area contributed by atoms with Crippen molar-refractivity contribution in [3.05, 3.63) is 23.8 Å². The van der Waals surface area contributed by atoms with E-state index in [-0.39, 0.29) is 23.2 Å². The lowest BCUT2D eigenvalue weighted by molar-refractivity contribution is -0.162. The van der Waals surface area contributed by atoms with E-state index in [0.29, 0.717) is 39.8 Å². The van der Waals surface area contributed by atoms with Crippen molar-refractivity contribution in [2.45, 2.75) is 105 Å². The molecular formula is C31H46O3. The maximum absolute atomic E-state index is 12.8. The second kappa shape index (κ2) is 7.09. The van der Waals surface area contributed by atoms with Gasteiger partial charge in [0.25, 0.3) is 0 Å². The zero-order chi connectivity index (χ0) is 24.3. The van der Waals surface area contributed by atoms with Crippen molar-refractivity contribution < 1.29 is 14.3 Å². The lowest BCUT2D eigenvalue weighted by Gasteiger charge is -2.62. The van der Waals surface area contributed by atoms with Crippen molar-refractivity contribution in [2.24, 2.45) is 50.7 Å². The molecule has 0 aromatic carbocycles. The first-order chi connectivity index (χ1) is 15.9. The molecule has 0 aromatic rings. The normalized spacial score (nSPS) is 54.6. The van der Waals surface area contributed by atoms with Crippen LogP contribution < -0.4 is 0 Å². The fraction of sp³-hybridized carbons (Fsp3) is 0.839. The molecule has 6 rings (SSSR count). The summed E-state index contributed by atoms with van der Waals surface area (Å²) < 4.78 is 12.4. The molecule has 188 valence electrons. The van der Waals surface area contributed by atoms with Crippen molar-refractivity contribution in [2.75, 3.05) is 7.11 Å². The molecule has 5 fully saturated rings. The van der Waals surface area contributed by atoms with Gasteiger partial charge in [-0.3, -0.25) is 4.79 Å². The molecule has 4 saturated carbocycles. The zero-order valence-electron chi connectivity index (χ0n) is 22.6. The van der Waals surface area contributed by atoms with Gasteiger partial charge < -0.3 is 9.47 Å². The van der Waals surface area contributed by atoms with Gasteiger partial charge in [0.15, 0.2) is 12.1 Å². The molecule has 1 aliphatic heterocycles. The van der Waals surface area contributed by atoms with E-state index in [9.17, 15) is 4.79 Å². The van der Waals surface area contributed by atoms with Crippen LogP contribution in [0.5, 0.6) is 0 Å². The molecule has 34 heavy (non-hydrogen) atoms. The number of allylic oxidation sites excluding steroid dienone is 3. The summed E-state index contributed by atoms with van der Waals surface area (Å²) in [5.74, 6) is 2.83. The van der Waals surface area contributed by atoms with Crippen molar-refractivity contribution in [3.8, 4) is 0 Å². The van der Waals surface area contributed by atoms with E-state index < -0.39 is 0 Å². The average molecular weight is 467 g/mol. The molecular weight excluding hydrogens is 420 g/mol. The Morgan fingerprint density at radius 3 is 2.47 bits per heavy atom. The standard InChI is InChI=1S/C31H46O3/c1-19(2)16-20-17-21(26(33-7)34-20)22-10-12-29(6)24-9-8-23-27(3,4)25(32)11-13-30(23)18-31(24,30)15-14-28(22,29)5/h11,13,16,20-24,26H,8-10,12,14-15,17-18H2,1-7H3/t20-,21+,22+,23-,24-,26+,28+,29-,30+,31-/m0/s1. The molecule has 0 amide bonds. The van der Waals surface area contributed by atoms with E-state index >= 15 is 0 Å². The fourth-order valence-electron chi connectivity index (χ4n) is 11.1. The summed E-state index contributed by atoms with van der Waals surface area (Å²) in [4.78, 5) is 12.8. The Hall–Kier alpha value is -0.930. The highest BCUT2D eigenvalue weighted by atomic mass is 16.7. The first-order valence-electron chi connectivity index (χ1n) is 14.0.